The number of piperidine rings is 1. The highest BCUT2D eigenvalue weighted by molar-refractivity contribution is 6.43. The minimum atomic E-state index is -0.265. The van der Waals surface area contributed by atoms with E-state index in [4.69, 9.17) is 11.6 Å². The molecule has 130 valence electrons. The van der Waals surface area contributed by atoms with Crippen molar-refractivity contribution in [1.82, 2.24) is 4.90 Å². The van der Waals surface area contributed by atoms with Crippen molar-refractivity contribution >= 4 is 34.7 Å². The number of carbonyl (C=O) groups is 1. The summed E-state index contributed by atoms with van der Waals surface area (Å²) in [5, 5.41) is 7.75. The average Bonchev–Trinajstić information content (AvgIpc) is 2.65. The molecule has 0 unspecified atom stereocenters. The zero-order chi connectivity index (χ0) is 17.5. The first-order valence-corrected chi connectivity index (χ1v) is 8.81. The summed E-state index contributed by atoms with van der Waals surface area (Å²) >= 11 is 6.15. The number of benzene rings is 2. The lowest BCUT2D eigenvalue weighted by Crippen LogP contribution is -2.43. The van der Waals surface area contributed by atoms with E-state index in [-0.39, 0.29) is 5.91 Å². The molecule has 25 heavy (non-hydrogen) atoms. The molecule has 6 heteroatoms. The monoisotopic (exact) mass is 356 g/mol. The highest BCUT2D eigenvalue weighted by Crippen LogP contribution is 2.21. The van der Waals surface area contributed by atoms with Crippen LogP contribution in [-0.2, 0) is 4.79 Å². The van der Waals surface area contributed by atoms with E-state index >= 15 is 0 Å². The van der Waals surface area contributed by atoms with Crippen LogP contribution in [-0.4, -0.2) is 29.7 Å². The number of amides is 1. The van der Waals surface area contributed by atoms with E-state index in [2.05, 4.69) is 15.8 Å². The zero-order valence-electron chi connectivity index (χ0n) is 13.9. The molecule has 0 saturated carbocycles. The Morgan fingerprint density at radius 1 is 0.960 bits per heavy atom. The molecule has 1 amide bonds. The van der Waals surface area contributed by atoms with E-state index in [9.17, 15) is 4.79 Å². The fourth-order valence-corrected chi connectivity index (χ4v) is 2.92. The van der Waals surface area contributed by atoms with E-state index in [1.165, 1.54) is 6.42 Å². The number of amidine groups is 1. The second-order valence-electron chi connectivity index (χ2n) is 5.89. The van der Waals surface area contributed by atoms with Crippen LogP contribution in [0, 0.1) is 0 Å². The van der Waals surface area contributed by atoms with E-state index < -0.39 is 0 Å². The summed E-state index contributed by atoms with van der Waals surface area (Å²) in [6.07, 6.45) is 3.30. The molecule has 0 atom stereocenters. The van der Waals surface area contributed by atoms with Crippen LogP contribution in [0.15, 0.2) is 59.7 Å². The predicted molar refractivity (Wildman–Crippen MR) is 103 cm³/mol. The van der Waals surface area contributed by atoms with Gasteiger partial charge in [-0.3, -0.25) is 10.2 Å². The molecule has 2 N–H and O–H groups in total. The maximum absolute atomic E-state index is 12.8. The Balaban J connectivity index is 1.79. The molecule has 0 radical (unpaired) electrons. The standard InChI is InChI=1S/C19H21ClN4O/c20-16-11-5-6-12-17(16)21-19(25)18(24-13-7-2-8-14-24)23-22-15-9-3-1-4-10-15/h1,3-6,9-12,22H,2,7-8,13-14H2,(H,21,25)/b23-18-. The van der Waals surface area contributed by atoms with Crippen molar-refractivity contribution in [2.75, 3.05) is 23.8 Å². The van der Waals surface area contributed by atoms with Gasteiger partial charge in [-0.1, -0.05) is 41.9 Å². The number of anilines is 2. The number of para-hydroxylation sites is 2. The lowest BCUT2D eigenvalue weighted by atomic mass is 10.1. The summed E-state index contributed by atoms with van der Waals surface area (Å²) in [6.45, 7) is 1.65. The summed E-state index contributed by atoms with van der Waals surface area (Å²) in [6, 6.07) is 16.8. The summed E-state index contributed by atoms with van der Waals surface area (Å²) in [5.41, 5.74) is 4.39. The summed E-state index contributed by atoms with van der Waals surface area (Å²) in [7, 11) is 0. The summed E-state index contributed by atoms with van der Waals surface area (Å²) < 4.78 is 0. The summed E-state index contributed by atoms with van der Waals surface area (Å²) in [5.74, 6) is 0.113. The maximum atomic E-state index is 12.8. The van der Waals surface area contributed by atoms with Crippen molar-refractivity contribution in [3.05, 3.63) is 59.6 Å². The average molecular weight is 357 g/mol. The van der Waals surface area contributed by atoms with Gasteiger partial charge >= 0.3 is 0 Å². The van der Waals surface area contributed by atoms with Crippen molar-refractivity contribution in [3.63, 3.8) is 0 Å². The van der Waals surface area contributed by atoms with Gasteiger partial charge in [0.25, 0.3) is 5.91 Å². The fourth-order valence-electron chi connectivity index (χ4n) is 2.74. The van der Waals surface area contributed by atoms with Crippen molar-refractivity contribution in [2.45, 2.75) is 19.3 Å². The first-order chi connectivity index (χ1) is 12.2. The number of likely N-dealkylation sites (tertiary alicyclic amines) is 1. The number of nitrogens with zero attached hydrogens (tertiary/aromatic N) is 2. The van der Waals surface area contributed by atoms with E-state index in [1.54, 1.807) is 12.1 Å². The molecule has 1 aliphatic heterocycles. The van der Waals surface area contributed by atoms with Gasteiger partial charge in [-0.2, -0.15) is 5.10 Å². The smallest absolute Gasteiger partial charge is 0.293 e. The Hall–Kier alpha value is -2.53. The van der Waals surface area contributed by atoms with E-state index in [0.717, 1.165) is 31.6 Å². The molecule has 1 heterocycles. The van der Waals surface area contributed by atoms with Gasteiger partial charge in [0.1, 0.15) is 0 Å². The third kappa shape index (κ3) is 4.73. The number of nitrogens with one attached hydrogen (secondary N) is 2. The molecule has 1 saturated heterocycles. The molecular formula is C19H21ClN4O. The van der Waals surface area contributed by atoms with Crippen LogP contribution in [0.5, 0.6) is 0 Å². The SMILES string of the molecule is O=C(Nc1ccccc1Cl)/C(=N/Nc1ccccc1)N1CCCCC1. The highest BCUT2D eigenvalue weighted by atomic mass is 35.5. The molecular weight excluding hydrogens is 336 g/mol. The lowest BCUT2D eigenvalue weighted by molar-refractivity contribution is -0.111. The number of hydrogen-bond donors (Lipinski definition) is 2. The number of hydrogen-bond acceptors (Lipinski definition) is 3. The van der Waals surface area contributed by atoms with Crippen LogP contribution in [0.25, 0.3) is 0 Å². The van der Waals surface area contributed by atoms with E-state index in [0.29, 0.717) is 16.5 Å². The third-order valence-electron chi connectivity index (χ3n) is 4.05. The molecule has 0 spiro atoms. The van der Waals surface area contributed by atoms with Crippen molar-refractivity contribution in [2.24, 2.45) is 5.10 Å². The first-order valence-electron chi connectivity index (χ1n) is 8.43. The second kappa shape index (κ2) is 8.53. The van der Waals surface area contributed by atoms with Gasteiger partial charge in [0, 0.05) is 13.1 Å². The molecule has 1 aliphatic rings. The van der Waals surface area contributed by atoms with Crippen LogP contribution in [0.2, 0.25) is 5.02 Å². The molecule has 5 nitrogen and oxygen atoms in total. The molecule has 1 fully saturated rings. The normalized spacial score (nSPS) is 14.9. The highest BCUT2D eigenvalue weighted by Gasteiger charge is 2.22. The van der Waals surface area contributed by atoms with Gasteiger partial charge in [0.15, 0.2) is 0 Å². The maximum Gasteiger partial charge on any atom is 0.293 e. The zero-order valence-corrected chi connectivity index (χ0v) is 14.7. The van der Waals surface area contributed by atoms with Gasteiger partial charge in [0.05, 0.1) is 16.4 Å². The van der Waals surface area contributed by atoms with E-state index in [1.807, 2.05) is 47.4 Å². The molecule has 2 aromatic carbocycles. The molecule has 0 aliphatic carbocycles. The van der Waals surface area contributed by atoms with Crippen LogP contribution in [0.1, 0.15) is 19.3 Å². The van der Waals surface area contributed by atoms with Gasteiger partial charge < -0.3 is 10.2 Å². The Morgan fingerprint density at radius 3 is 2.36 bits per heavy atom. The number of halogens is 1. The fraction of sp³-hybridized carbons (Fsp3) is 0.263. The molecule has 0 aromatic heterocycles. The Bertz CT molecular complexity index is 742. The van der Waals surface area contributed by atoms with Gasteiger partial charge in [-0.25, -0.2) is 0 Å². The van der Waals surface area contributed by atoms with Gasteiger partial charge in [-0.05, 0) is 43.5 Å². The van der Waals surface area contributed by atoms with Crippen molar-refractivity contribution in [3.8, 4) is 0 Å². The first kappa shape index (κ1) is 17.3. The van der Waals surface area contributed by atoms with Crippen molar-refractivity contribution < 1.29 is 4.79 Å². The van der Waals surface area contributed by atoms with Crippen LogP contribution in [0.4, 0.5) is 11.4 Å². The predicted octanol–water partition coefficient (Wildman–Crippen LogP) is 4.19. The van der Waals surface area contributed by atoms with Gasteiger partial charge in [-0.15, -0.1) is 0 Å². The lowest BCUT2D eigenvalue weighted by Gasteiger charge is -2.29. The number of hydrazone groups is 1. The van der Waals surface area contributed by atoms with Crippen molar-refractivity contribution in [1.29, 1.82) is 0 Å². The Morgan fingerprint density at radius 2 is 1.64 bits per heavy atom. The topological polar surface area (TPSA) is 56.7 Å². The molecule has 3 rings (SSSR count). The largest absolute Gasteiger partial charge is 0.351 e. The van der Waals surface area contributed by atoms with Gasteiger partial charge in [0.2, 0.25) is 5.84 Å². The Labute approximate surface area is 152 Å². The summed E-state index contributed by atoms with van der Waals surface area (Å²) in [4.78, 5) is 14.8. The molecule has 0 bridgehead atoms. The van der Waals surface area contributed by atoms with Crippen LogP contribution in [0.3, 0.4) is 0 Å². The number of rotatable bonds is 3. The van der Waals surface area contributed by atoms with Crippen LogP contribution < -0.4 is 10.7 Å². The van der Waals surface area contributed by atoms with Crippen LogP contribution >= 0.6 is 11.6 Å². The minimum absolute atomic E-state index is 0.265. The quantitative estimate of drug-likeness (QED) is 0.492. The second-order valence-corrected chi connectivity index (χ2v) is 6.30. The Kier molecular flexibility index (Phi) is 5.90. The minimum Gasteiger partial charge on any atom is -0.351 e. The number of carbonyl (C=O) groups excluding carboxylic acids is 1. The third-order valence-corrected chi connectivity index (χ3v) is 4.38. The molecule has 2 aromatic rings.